The molecule has 1 saturated carbocycles. The van der Waals surface area contributed by atoms with E-state index in [1.807, 2.05) is 12.1 Å². The number of carbonyl (C=O) groups is 1. The van der Waals surface area contributed by atoms with Crippen molar-refractivity contribution >= 4 is 5.97 Å². The Morgan fingerprint density at radius 2 is 1.95 bits per heavy atom. The van der Waals surface area contributed by atoms with Gasteiger partial charge in [0, 0.05) is 0 Å². The van der Waals surface area contributed by atoms with Crippen LogP contribution in [0.2, 0.25) is 0 Å². The number of hydrogen-bond donors (Lipinski definition) is 1. The summed E-state index contributed by atoms with van der Waals surface area (Å²) < 4.78 is 0. The summed E-state index contributed by atoms with van der Waals surface area (Å²) in [7, 11) is 0. The third-order valence-electron chi connectivity index (χ3n) is 4.49. The van der Waals surface area contributed by atoms with E-state index < -0.39 is 5.97 Å². The molecule has 3 nitrogen and oxygen atoms in total. The van der Waals surface area contributed by atoms with Gasteiger partial charge in [-0.2, -0.15) is 5.26 Å². The van der Waals surface area contributed by atoms with E-state index in [4.69, 9.17) is 5.11 Å². The molecule has 19 heavy (non-hydrogen) atoms. The topological polar surface area (TPSA) is 61.1 Å². The molecule has 2 rings (SSSR count). The molecule has 1 aromatic rings. The number of benzene rings is 1. The second-order valence-electron chi connectivity index (χ2n) is 5.45. The fraction of sp³-hybridized carbons (Fsp3) is 0.500. The molecule has 0 aliphatic heterocycles. The highest BCUT2D eigenvalue weighted by Crippen LogP contribution is 2.44. The van der Waals surface area contributed by atoms with Crippen molar-refractivity contribution in [3.63, 3.8) is 0 Å². The molecule has 100 valence electrons. The Hall–Kier alpha value is -1.82. The summed E-state index contributed by atoms with van der Waals surface area (Å²) >= 11 is 0. The van der Waals surface area contributed by atoms with E-state index in [1.54, 1.807) is 12.1 Å². The van der Waals surface area contributed by atoms with Crippen molar-refractivity contribution in [2.45, 2.75) is 44.9 Å². The predicted molar refractivity (Wildman–Crippen MR) is 72.9 cm³/mol. The molecule has 0 bridgehead atoms. The van der Waals surface area contributed by atoms with Crippen LogP contribution in [0.25, 0.3) is 0 Å². The van der Waals surface area contributed by atoms with Gasteiger partial charge in [-0.05, 0) is 55.7 Å². The fourth-order valence-corrected chi connectivity index (χ4v) is 2.95. The van der Waals surface area contributed by atoms with Crippen LogP contribution in [0.4, 0.5) is 0 Å². The van der Waals surface area contributed by atoms with Crippen LogP contribution >= 0.6 is 0 Å². The summed E-state index contributed by atoms with van der Waals surface area (Å²) in [5, 5.41) is 18.2. The second kappa shape index (κ2) is 5.44. The van der Waals surface area contributed by atoms with Crippen LogP contribution in [0.3, 0.4) is 0 Å². The minimum Gasteiger partial charge on any atom is -0.478 e. The van der Waals surface area contributed by atoms with E-state index in [-0.39, 0.29) is 5.41 Å². The van der Waals surface area contributed by atoms with E-state index in [0.29, 0.717) is 11.5 Å². The highest BCUT2D eigenvalue weighted by atomic mass is 16.4. The van der Waals surface area contributed by atoms with Gasteiger partial charge in [-0.25, -0.2) is 4.79 Å². The SMILES string of the molecule is CCC1(C#N)CCC(c2ccc(C(=O)O)cc2)CC1. The zero-order valence-corrected chi connectivity index (χ0v) is 11.2. The van der Waals surface area contributed by atoms with Crippen molar-refractivity contribution in [3.05, 3.63) is 35.4 Å². The van der Waals surface area contributed by atoms with Crippen LogP contribution in [-0.4, -0.2) is 11.1 Å². The summed E-state index contributed by atoms with van der Waals surface area (Å²) in [4.78, 5) is 10.8. The predicted octanol–water partition coefficient (Wildman–Crippen LogP) is 3.96. The Morgan fingerprint density at radius 1 is 1.37 bits per heavy atom. The van der Waals surface area contributed by atoms with Crippen molar-refractivity contribution in [1.29, 1.82) is 5.26 Å². The fourth-order valence-electron chi connectivity index (χ4n) is 2.95. The van der Waals surface area contributed by atoms with Crippen LogP contribution in [0.1, 0.15) is 60.9 Å². The van der Waals surface area contributed by atoms with Gasteiger partial charge in [0.1, 0.15) is 0 Å². The molecule has 1 aromatic carbocycles. The van der Waals surface area contributed by atoms with Gasteiger partial charge in [-0.3, -0.25) is 0 Å². The van der Waals surface area contributed by atoms with Crippen molar-refractivity contribution in [2.24, 2.45) is 5.41 Å². The summed E-state index contributed by atoms with van der Waals surface area (Å²) in [6.07, 6.45) is 4.87. The first kappa shape index (κ1) is 13.6. The van der Waals surface area contributed by atoms with Crippen molar-refractivity contribution in [3.8, 4) is 6.07 Å². The Balaban J connectivity index is 2.06. The number of rotatable bonds is 3. The largest absolute Gasteiger partial charge is 0.478 e. The average Bonchev–Trinajstić information content (AvgIpc) is 2.47. The zero-order chi connectivity index (χ0) is 13.9. The second-order valence-corrected chi connectivity index (χ2v) is 5.45. The quantitative estimate of drug-likeness (QED) is 0.891. The number of aromatic carboxylic acids is 1. The van der Waals surface area contributed by atoms with Crippen LogP contribution < -0.4 is 0 Å². The summed E-state index contributed by atoms with van der Waals surface area (Å²) in [6, 6.07) is 9.66. The number of carboxylic acid groups (broad SMARTS) is 1. The smallest absolute Gasteiger partial charge is 0.335 e. The third-order valence-corrected chi connectivity index (χ3v) is 4.49. The number of carboxylic acids is 1. The van der Waals surface area contributed by atoms with Crippen molar-refractivity contribution < 1.29 is 9.90 Å². The number of nitriles is 1. The maximum atomic E-state index is 10.8. The van der Waals surface area contributed by atoms with E-state index in [9.17, 15) is 10.1 Å². The van der Waals surface area contributed by atoms with Gasteiger partial charge < -0.3 is 5.11 Å². The lowest BCUT2D eigenvalue weighted by Crippen LogP contribution is -2.24. The van der Waals surface area contributed by atoms with Gasteiger partial charge in [0.2, 0.25) is 0 Å². The lowest BCUT2D eigenvalue weighted by molar-refractivity contribution is 0.0697. The minimum absolute atomic E-state index is 0.127. The Morgan fingerprint density at radius 3 is 2.37 bits per heavy atom. The molecule has 1 aliphatic carbocycles. The first-order valence-corrected chi connectivity index (χ1v) is 6.85. The highest BCUT2D eigenvalue weighted by molar-refractivity contribution is 5.87. The Labute approximate surface area is 113 Å². The molecule has 0 radical (unpaired) electrons. The van der Waals surface area contributed by atoms with Crippen molar-refractivity contribution in [2.75, 3.05) is 0 Å². The van der Waals surface area contributed by atoms with E-state index in [1.165, 1.54) is 5.56 Å². The molecule has 1 fully saturated rings. The number of hydrogen-bond acceptors (Lipinski definition) is 2. The molecular weight excluding hydrogens is 238 g/mol. The molecule has 1 aliphatic rings. The summed E-state index contributed by atoms with van der Waals surface area (Å²) in [5.74, 6) is -0.416. The van der Waals surface area contributed by atoms with Gasteiger partial charge in [0.25, 0.3) is 0 Å². The van der Waals surface area contributed by atoms with Crippen LogP contribution in [-0.2, 0) is 0 Å². The van der Waals surface area contributed by atoms with Gasteiger partial charge >= 0.3 is 5.97 Å². The molecule has 0 aromatic heterocycles. The minimum atomic E-state index is -0.885. The van der Waals surface area contributed by atoms with E-state index in [2.05, 4.69) is 13.0 Å². The van der Waals surface area contributed by atoms with Gasteiger partial charge in [0.15, 0.2) is 0 Å². The first-order valence-electron chi connectivity index (χ1n) is 6.85. The molecule has 0 spiro atoms. The molecule has 0 heterocycles. The van der Waals surface area contributed by atoms with Crippen LogP contribution in [0.5, 0.6) is 0 Å². The summed E-state index contributed by atoms with van der Waals surface area (Å²) in [6.45, 7) is 2.09. The first-order chi connectivity index (χ1) is 9.10. The van der Waals surface area contributed by atoms with Gasteiger partial charge in [-0.15, -0.1) is 0 Å². The Bertz CT molecular complexity index is 490. The summed E-state index contributed by atoms with van der Waals surface area (Å²) in [5.41, 5.74) is 1.41. The van der Waals surface area contributed by atoms with Crippen LogP contribution in [0.15, 0.2) is 24.3 Å². The molecule has 0 atom stereocenters. The molecule has 0 saturated heterocycles. The zero-order valence-electron chi connectivity index (χ0n) is 11.2. The van der Waals surface area contributed by atoms with Gasteiger partial charge in [-0.1, -0.05) is 19.1 Å². The van der Waals surface area contributed by atoms with Gasteiger partial charge in [0.05, 0.1) is 17.0 Å². The Kier molecular flexibility index (Phi) is 3.90. The monoisotopic (exact) mass is 257 g/mol. The standard InChI is InChI=1S/C16H19NO2/c1-2-16(11-17)9-7-13(8-10-16)12-3-5-14(6-4-12)15(18)19/h3-6,13H,2,7-10H2,1H3,(H,18,19). The lowest BCUT2D eigenvalue weighted by Gasteiger charge is -2.34. The molecular formula is C16H19NO2. The molecule has 3 heteroatoms. The lowest BCUT2D eigenvalue weighted by atomic mass is 9.68. The van der Waals surface area contributed by atoms with E-state index in [0.717, 1.165) is 32.1 Å². The average molecular weight is 257 g/mol. The molecule has 0 amide bonds. The van der Waals surface area contributed by atoms with Crippen molar-refractivity contribution in [1.82, 2.24) is 0 Å². The maximum Gasteiger partial charge on any atom is 0.335 e. The third kappa shape index (κ3) is 2.78. The maximum absolute atomic E-state index is 10.8. The highest BCUT2D eigenvalue weighted by Gasteiger charge is 2.34. The van der Waals surface area contributed by atoms with Crippen LogP contribution in [0, 0.1) is 16.7 Å². The molecule has 0 unspecified atom stereocenters. The number of nitrogens with zero attached hydrogens (tertiary/aromatic N) is 1. The normalized spacial score (nSPS) is 26.6. The molecule has 1 N–H and O–H groups in total. The van der Waals surface area contributed by atoms with E-state index >= 15 is 0 Å².